The fourth-order valence-electron chi connectivity index (χ4n) is 13.7. The average molecular weight is 1820 g/mol. The van der Waals surface area contributed by atoms with E-state index in [1.165, 1.54) is 52.3 Å². The van der Waals surface area contributed by atoms with Crippen LogP contribution in [0.25, 0.3) is 84.5 Å². The Kier molecular flexibility index (Phi) is 24.3. The summed E-state index contributed by atoms with van der Waals surface area (Å²) in [6, 6.07) is 18.4. The van der Waals surface area contributed by atoms with Crippen molar-refractivity contribution in [3.63, 3.8) is 0 Å². The first-order valence-corrected chi connectivity index (χ1v) is 39.0. The third-order valence-corrected chi connectivity index (χ3v) is 19.9. The van der Waals surface area contributed by atoms with Crippen LogP contribution in [0.1, 0.15) is 51.8 Å². The maximum atomic E-state index is 13.3. The third kappa shape index (κ3) is 18.1. The van der Waals surface area contributed by atoms with Crippen molar-refractivity contribution >= 4 is 115 Å². The number of pyridine rings is 7. The molecule has 20 heterocycles. The van der Waals surface area contributed by atoms with Gasteiger partial charge < -0.3 is 73.5 Å². The highest BCUT2D eigenvalue weighted by Crippen LogP contribution is 2.35. The summed E-state index contributed by atoms with van der Waals surface area (Å²) in [5.41, 5.74) is 38.3. The number of nitrogen functional groups attached to an aromatic ring is 5. The highest BCUT2D eigenvalue weighted by Gasteiger charge is 2.29. The van der Waals surface area contributed by atoms with E-state index in [0.29, 0.717) is 62.2 Å². The van der Waals surface area contributed by atoms with Gasteiger partial charge in [0.2, 0.25) is 5.56 Å². The molecular formula is C84H67F5N38O7. The Bertz CT molecular complexity index is 7700. The summed E-state index contributed by atoms with van der Waals surface area (Å²) in [5.74, 6) is -5.35. The maximum Gasteiger partial charge on any atom is 0.263 e. The van der Waals surface area contributed by atoms with Gasteiger partial charge in [-0.1, -0.05) is 6.07 Å². The molecule has 0 atom stereocenters. The third-order valence-electron chi connectivity index (χ3n) is 19.9. The largest absolute Gasteiger partial charge is 0.381 e. The average Bonchev–Trinajstić information content (AvgIpc) is 1.62. The number of imidazole rings is 2. The number of carbonyl (C=O) groups is 5. The number of amides is 5. The van der Waals surface area contributed by atoms with Gasteiger partial charge in [-0.25, -0.2) is 79.4 Å². The molecule has 20 aromatic rings. The number of fused-ring (bicyclic) bond motifs is 5. The summed E-state index contributed by atoms with van der Waals surface area (Å²) < 4.78 is 80.3. The molecule has 15 N–H and O–H groups in total. The number of nitrogens with two attached hydrogens (primary N) is 5. The van der Waals surface area contributed by atoms with Gasteiger partial charge in [-0.15, -0.1) is 25.5 Å². The lowest BCUT2D eigenvalue weighted by atomic mass is 10.1. The number of nitrogens with one attached hydrogen (secondary N) is 5. The molecule has 670 valence electrons. The van der Waals surface area contributed by atoms with Crippen LogP contribution in [0.5, 0.6) is 0 Å². The SMILES string of the molecule is Cn1c(-c2ccncc2NC(=O)c2c(N)nn3cc(F)cnc23)cccc1=O.Cn1cc(-c2ccncc2NC(=O)c2c(N)nn3cc(F)cnc23)ccc1=O.Cn1ccnc1-c1ccncc1NC(=O)c1c(N)nn2cc(F)cnc12.Cn1cncc1-c1ccncc1NC(=O)c1c(N)nn2cc(F)cnc12.Cn1nccc1-c1ccncc1NC(=O)c1c(N)nn2cc(F)cnc12. The molecule has 134 heavy (non-hydrogen) atoms. The molecule has 0 bridgehead atoms. The summed E-state index contributed by atoms with van der Waals surface area (Å²) in [4.78, 5) is 136. The Hall–Kier alpha value is -19.6. The van der Waals surface area contributed by atoms with Crippen LogP contribution in [0.2, 0.25) is 0 Å². The van der Waals surface area contributed by atoms with Crippen molar-refractivity contribution in [1.82, 2.24) is 136 Å². The van der Waals surface area contributed by atoms with Gasteiger partial charge in [0.15, 0.2) is 86.4 Å². The van der Waals surface area contributed by atoms with Crippen LogP contribution in [-0.4, -0.2) is 165 Å². The van der Waals surface area contributed by atoms with Crippen molar-refractivity contribution in [2.24, 2.45) is 35.2 Å². The first-order valence-electron chi connectivity index (χ1n) is 39.0. The molecule has 20 aromatic heterocycles. The first kappa shape index (κ1) is 87.8. The van der Waals surface area contributed by atoms with Crippen molar-refractivity contribution in [2.75, 3.05) is 55.3 Å². The lowest BCUT2D eigenvalue weighted by molar-refractivity contribution is 0.102. The van der Waals surface area contributed by atoms with E-state index in [1.54, 1.807) is 143 Å². The summed E-state index contributed by atoms with van der Waals surface area (Å²) in [6.45, 7) is 0. The Labute approximate surface area is 746 Å². The highest BCUT2D eigenvalue weighted by atomic mass is 19.1. The van der Waals surface area contributed by atoms with E-state index in [-0.39, 0.29) is 96.3 Å². The second-order valence-electron chi connectivity index (χ2n) is 28.6. The molecule has 50 heteroatoms. The second kappa shape index (κ2) is 37.1. The van der Waals surface area contributed by atoms with E-state index in [0.717, 1.165) is 107 Å². The molecule has 0 aliphatic heterocycles. The lowest BCUT2D eigenvalue weighted by Gasteiger charge is -2.13. The first-order chi connectivity index (χ1) is 64.5. The van der Waals surface area contributed by atoms with Crippen LogP contribution < -0.4 is 66.4 Å². The minimum absolute atomic E-state index is 0.0109. The predicted molar refractivity (Wildman–Crippen MR) is 476 cm³/mol. The monoisotopic (exact) mass is 1810 g/mol. The van der Waals surface area contributed by atoms with Gasteiger partial charge in [0.25, 0.3) is 35.1 Å². The van der Waals surface area contributed by atoms with Crippen molar-refractivity contribution in [3.05, 3.63) is 306 Å². The van der Waals surface area contributed by atoms with Crippen LogP contribution in [0, 0.1) is 29.1 Å². The van der Waals surface area contributed by atoms with Gasteiger partial charge in [-0.05, 0) is 48.5 Å². The molecule has 0 aliphatic rings. The van der Waals surface area contributed by atoms with E-state index in [2.05, 4.69) is 117 Å². The van der Waals surface area contributed by atoms with Crippen molar-refractivity contribution in [3.8, 4) is 56.3 Å². The zero-order valence-corrected chi connectivity index (χ0v) is 70.0. The number of nitrogens with zero attached hydrogens (tertiary/aromatic N) is 28. The summed E-state index contributed by atoms with van der Waals surface area (Å²) in [6.07, 6.45) is 35.9. The number of carbonyl (C=O) groups excluding carboxylic acids is 5. The van der Waals surface area contributed by atoms with E-state index >= 15 is 0 Å². The van der Waals surface area contributed by atoms with E-state index in [4.69, 9.17) is 28.7 Å². The number of hydrogen-bond acceptors (Lipinski definition) is 30. The molecule has 0 saturated heterocycles. The quantitative estimate of drug-likeness (QED) is 0.0446. The van der Waals surface area contributed by atoms with Gasteiger partial charge >= 0.3 is 0 Å². The predicted octanol–water partition coefficient (Wildman–Crippen LogP) is 7.42. The molecule has 0 fully saturated rings. The highest BCUT2D eigenvalue weighted by molar-refractivity contribution is 6.16. The smallest absolute Gasteiger partial charge is 0.263 e. The molecule has 5 amide bonds. The lowest BCUT2D eigenvalue weighted by Crippen LogP contribution is -2.18. The molecular weight excluding hydrogens is 1750 g/mol. The van der Waals surface area contributed by atoms with Crippen LogP contribution in [0.15, 0.2) is 238 Å². The fourth-order valence-corrected chi connectivity index (χ4v) is 13.7. The van der Waals surface area contributed by atoms with Crippen LogP contribution >= 0.6 is 0 Å². The summed E-state index contributed by atoms with van der Waals surface area (Å²) >= 11 is 0. The number of aromatic nitrogens is 28. The fraction of sp³-hybridized carbons (Fsp3) is 0.0595. The molecule has 0 aliphatic carbocycles. The number of halogens is 5. The summed E-state index contributed by atoms with van der Waals surface area (Å²) in [5, 5.41) is 37.5. The van der Waals surface area contributed by atoms with Crippen LogP contribution in [0.4, 0.5) is 79.5 Å². The Morgan fingerprint density at radius 3 is 0.993 bits per heavy atom. The maximum absolute atomic E-state index is 13.3. The topological polar surface area (TPSA) is 588 Å². The number of aryl methyl sites for hydroxylation is 4. The normalized spacial score (nSPS) is 11.0. The zero-order valence-electron chi connectivity index (χ0n) is 70.0. The number of hydrogen-bond donors (Lipinski definition) is 10. The number of rotatable bonds is 15. The van der Waals surface area contributed by atoms with E-state index in [1.807, 2.05) is 29.3 Å². The molecule has 20 rings (SSSR count). The molecule has 45 nitrogen and oxygen atoms in total. The van der Waals surface area contributed by atoms with Crippen LogP contribution in [0.3, 0.4) is 0 Å². The number of anilines is 10. The van der Waals surface area contributed by atoms with Crippen molar-refractivity contribution < 1.29 is 45.9 Å². The Balaban J connectivity index is 0.000000122. The zero-order chi connectivity index (χ0) is 94.4. The van der Waals surface area contributed by atoms with Crippen LogP contribution in [-0.2, 0) is 35.2 Å². The second-order valence-corrected chi connectivity index (χ2v) is 28.6. The molecule has 0 spiro atoms. The van der Waals surface area contributed by atoms with Gasteiger partial charge in [0.1, 0.15) is 33.6 Å². The van der Waals surface area contributed by atoms with Gasteiger partial charge in [-0.3, -0.25) is 63.2 Å². The van der Waals surface area contributed by atoms with Gasteiger partial charge in [0, 0.05) is 137 Å². The molecule has 0 saturated carbocycles. The van der Waals surface area contributed by atoms with Gasteiger partial charge in [-0.2, -0.15) is 5.10 Å². The minimum atomic E-state index is -0.610. The van der Waals surface area contributed by atoms with E-state index < -0.39 is 58.6 Å². The standard InChI is InChI=1S/2C18H14FN7O2.3C16H13FN8O/c1-25-8-10(2-3-14(25)27)12-4-5-21-7-13(12)23-18(28)15-16(20)24-26-9-11(19)6-22-17(15)26;1-25-13(3-2-4-14(25)27)11-5-6-21-8-12(11)23-18(28)15-16(20)24-26-9-10(19)7-22-17(15)26;1-24-12(3-5-21-24)10-2-4-19-7-11(10)22-16(26)13-14(18)23-25-8-9(17)6-20-15(13)25;1-24-8-20-6-12(24)10-2-3-19-5-11(10)22-16(26)13-14(18)23-25-7-9(17)4-21-15(13)25;1-24-5-4-20-14(24)10-2-3-19-7-11(10)22-16(26)12-13(18)23-25-8-9(17)6-21-15(12)25/h2*2-9H,1H3,(H2,20,24)(H,23,28);3*2-8H,1H3,(H2,18,23)(H,22,26). The molecule has 0 aromatic carbocycles. The Morgan fingerprint density at radius 2 is 0.657 bits per heavy atom. The van der Waals surface area contributed by atoms with Gasteiger partial charge in [0.05, 0.1) is 151 Å². The minimum Gasteiger partial charge on any atom is -0.381 e. The van der Waals surface area contributed by atoms with Crippen molar-refractivity contribution in [2.45, 2.75) is 0 Å². The summed E-state index contributed by atoms with van der Waals surface area (Å²) in [7, 11) is 8.75. The Morgan fingerprint density at radius 1 is 0.313 bits per heavy atom. The molecule has 0 radical (unpaired) electrons. The van der Waals surface area contributed by atoms with Crippen molar-refractivity contribution in [1.29, 1.82) is 0 Å². The molecule has 0 unspecified atom stereocenters. The van der Waals surface area contributed by atoms with E-state index in [9.17, 15) is 55.5 Å².